The molecule has 0 aliphatic rings. The molecule has 0 aromatic heterocycles. The maximum absolute atomic E-state index is 12.0. The van der Waals surface area contributed by atoms with Crippen LogP contribution in [0.3, 0.4) is 0 Å². The second-order valence-electron chi connectivity index (χ2n) is 10.1. The summed E-state index contributed by atoms with van der Waals surface area (Å²) in [5, 5.41) is 12.3. The molecule has 0 bridgehead atoms. The van der Waals surface area contributed by atoms with E-state index >= 15 is 0 Å². The molecule has 0 aromatic rings. The van der Waals surface area contributed by atoms with Crippen LogP contribution in [-0.2, 0) is 23.8 Å². The van der Waals surface area contributed by atoms with Gasteiger partial charge >= 0.3 is 5.97 Å². The van der Waals surface area contributed by atoms with Crippen molar-refractivity contribution < 1.29 is 28.9 Å². The first-order valence-corrected chi connectivity index (χ1v) is 13.5. The summed E-state index contributed by atoms with van der Waals surface area (Å²) in [7, 11) is 0. The minimum Gasteiger partial charge on any atom is -0.481 e. The van der Waals surface area contributed by atoms with E-state index in [0.717, 1.165) is 38.5 Å². The maximum atomic E-state index is 12.0. The normalized spacial score (nSPS) is 13.1. The van der Waals surface area contributed by atoms with Crippen LogP contribution in [0.2, 0.25) is 0 Å². The van der Waals surface area contributed by atoms with Gasteiger partial charge in [-0.05, 0) is 54.4 Å². The molecule has 0 heterocycles. The fourth-order valence-electron chi connectivity index (χ4n) is 4.15. The molecule has 0 saturated heterocycles. The van der Waals surface area contributed by atoms with Gasteiger partial charge < -0.3 is 24.6 Å². The standard InChI is InChI=1S/C27H53NO6/c1-7-32-27(33-8-2,34-9-3)21-19-17-15-13-11-10-12-14-16-18-20-23(25(30)31)22-24(29)28-26(4,5)6/h23H,7-22H2,1-6H3,(H,28,29)(H,30,31). The highest BCUT2D eigenvalue weighted by Crippen LogP contribution is 2.24. The number of nitrogens with one attached hydrogen (secondary N) is 1. The molecule has 1 unspecified atom stereocenters. The predicted octanol–water partition coefficient (Wildman–Crippen LogP) is 6.44. The molecule has 0 aromatic carbocycles. The van der Waals surface area contributed by atoms with E-state index < -0.39 is 17.9 Å². The van der Waals surface area contributed by atoms with Crippen LogP contribution in [0.5, 0.6) is 0 Å². The van der Waals surface area contributed by atoms with E-state index in [9.17, 15) is 14.7 Å². The molecule has 1 atom stereocenters. The van der Waals surface area contributed by atoms with E-state index in [1.807, 2.05) is 41.5 Å². The molecule has 0 rings (SSSR count). The molecule has 0 aliphatic carbocycles. The van der Waals surface area contributed by atoms with Crippen molar-refractivity contribution in [2.75, 3.05) is 19.8 Å². The summed E-state index contributed by atoms with van der Waals surface area (Å²) in [6, 6.07) is 0. The average molecular weight is 488 g/mol. The average Bonchev–Trinajstić information content (AvgIpc) is 2.72. The SMILES string of the molecule is CCOC(CCCCCCCCCCCCC(CC(=O)NC(C)(C)C)C(=O)O)(OCC)OCC. The number of aliphatic carboxylic acids is 1. The summed E-state index contributed by atoms with van der Waals surface area (Å²) in [5.74, 6) is -2.52. The quantitative estimate of drug-likeness (QED) is 0.135. The molecule has 7 heteroatoms. The lowest BCUT2D eigenvalue weighted by molar-refractivity contribution is -0.380. The third-order valence-electron chi connectivity index (χ3n) is 5.67. The maximum Gasteiger partial charge on any atom is 0.307 e. The molecule has 34 heavy (non-hydrogen) atoms. The van der Waals surface area contributed by atoms with Crippen molar-refractivity contribution in [3.63, 3.8) is 0 Å². The van der Waals surface area contributed by atoms with Gasteiger partial charge in [0, 0.05) is 38.2 Å². The monoisotopic (exact) mass is 487 g/mol. The second-order valence-corrected chi connectivity index (χ2v) is 10.1. The van der Waals surface area contributed by atoms with Gasteiger partial charge in [-0.3, -0.25) is 9.59 Å². The van der Waals surface area contributed by atoms with Gasteiger partial charge in [0.05, 0.1) is 5.92 Å². The highest BCUT2D eigenvalue weighted by atomic mass is 16.9. The lowest BCUT2D eigenvalue weighted by Gasteiger charge is -2.32. The number of carboxylic acids is 1. The van der Waals surface area contributed by atoms with Crippen LogP contribution >= 0.6 is 0 Å². The molecule has 202 valence electrons. The van der Waals surface area contributed by atoms with Gasteiger partial charge in [0.25, 0.3) is 5.97 Å². The first-order valence-electron chi connectivity index (χ1n) is 13.5. The predicted molar refractivity (Wildman–Crippen MR) is 137 cm³/mol. The van der Waals surface area contributed by atoms with Crippen molar-refractivity contribution in [1.82, 2.24) is 5.32 Å². The molecule has 0 saturated carbocycles. The van der Waals surface area contributed by atoms with Gasteiger partial charge in [-0.1, -0.05) is 57.8 Å². The summed E-state index contributed by atoms with van der Waals surface area (Å²) >= 11 is 0. The van der Waals surface area contributed by atoms with E-state index in [-0.39, 0.29) is 17.9 Å². The number of carbonyl (C=O) groups excluding carboxylic acids is 1. The number of rotatable bonds is 22. The number of carbonyl (C=O) groups is 2. The third-order valence-corrected chi connectivity index (χ3v) is 5.67. The second kappa shape index (κ2) is 19.1. The smallest absolute Gasteiger partial charge is 0.307 e. The van der Waals surface area contributed by atoms with Gasteiger partial charge in [-0.15, -0.1) is 0 Å². The zero-order valence-electron chi connectivity index (χ0n) is 22.9. The summed E-state index contributed by atoms with van der Waals surface area (Å²) in [4.78, 5) is 23.5. The fraction of sp³-hybridized carbons (Fsp3) is 0.926. The minimum absolute atomic E-state index is 0.0629. The van der Waals surface area contributed by atoms with E-state index in [1.54, 1.807) is 0 Å². The van der Waals surface area contributed by atoms with E-state index in [4.69, 9.17) is 14.2 Å². The number of unbranched alkanes of at least 4 members (excludes halogenated alkanes) is 9. The summed E-state index contributed by atoms with van der Waals surface area (Å²) in [5.41, 5.74) is -0.332. The Morgan fingerprint density at radius 2 is 1.15 bits per heavy atom. The van der Waals surface area contributed by atoms with Crippen molar-refractivity contribution in [2.24, 2.45) is 5.92 Å². The van der Waals surface area contributed by atoms with Crippen LogP contribution in [0, 0.1) is 5.92 Å². The van der Waals surface area contributed by atoms with E-state index in [2.05, 4.69) is 5.32 Å². The van der Waals surface area contributed by atoms with Crippen molar-refractivity contribution in [3.05, 3.63) is 0 Å². The summed E-state index contributed by atoms with van der Waals surface area (Å²) in [6.45, 7) is 13.3. The highest BCUT2D eigenvalue weighted by Gasteiger charge is 2.31. The lowest BCUT2D eigenvalue weighted by Crippen LogP contribution is -2.41. The highest BCUT2D eigenvalue weighted by molar-refractivity contribution is 5.82. The molecule has 0 spiro atoms. The van der Waals surface area contributed by atoms with Crippen LogP contribution in [0.4, 0.5) is 0 Å². The zero-order valence-corrected chi connectivity index (χ0v) is 22.9. The van der Waals surface area contributed by atoms with E-state index in [1.165, 1.54) is 32.1 Å². The Morgan fingerprint density at radius 3 is 1.53 bits per heavy atom. The molecule has 1 amide bonds. The molecule has 0 radical (unpaired) electrons. The number of hydrogen-bond acceptors (Lipinski definition) is 5. The van der Waals surface area contributed by atoms with Crippen molar-refractivity contribution in [2.45, 2.75) is 137 Å². The molecular weight excluding hydrogens is 434 g/mol. The number of carboxylic acid groups (broad SMARTS) is 1. The van der Waals surface area contributed by atoms with Crippen LogP contribution in [0.1, 0.15) is 125 Å². The summed E-state index contributed by atoms with van der Waals surface area (Å²) in [6.07, 6.45) is 12.7. The van der Waals surface area contributed by atoms with Gasteiger partial charge in [0.1, 0.15) is 0 Å². The van der Waals surface area contributed by atoms with Crippen molar-refractivity contribution in [3.8, 4) is 0 Å². The number of ether oxygens (including phenoxy) is 3. The Morgan fingerprint density at radius 1 is 0.735 bits per heavy atom. The van der Waals surface area contributed by atoms with Gasteiger partial charge in [0.2, 0.25) is 5.91 Å². The molecule has 0 fully saturated rings. The first kappa shape index (κ1) is 32.8. The zero-order chi connectivity index (χ0) is 25.9. The van der Waals surface area contributed by atoms with Crippen molar-refractivity contribution in [1.29, 1.82) is 0 Å². The molecule has 0 aliphatic heterocycles. The van der Waals surface area contributed by atoms with Gasteiger partial charge in [-0.25, -0.2) is 0 Å². The van der Waals surface area contributed by atoms with Crippen molar-refractivity contribution >= 4 is 11.9 Å². The minimum atomic E-state index is -0.881. The fourth-order valence-corrected chi connectivity index (χ4v) is 4.15. The molecule has 2 N–H and O–H groups in total. The molecule has 7 nitrogen and oxygen atoms in total. The first-order chi connectivity index (χ1) is 16.1. The Hall–Kier alpha value is -1.18. The van der Waals surface area contributed by atoms with Gasteiger partial charge in [0.15, 0.2) is 0 Å². The number of hydrogen-bond donors (Lipinski definition) is 2. The number of amides is 1. The third kappa shape index (κ3) is 17.3. The van der Waals surface area contributed by atoms with Crippen LogP contribution in [0.15, 0.2) is 0 Å². The Labute approximate surface area is 208 Å². The van der Waals surface area contributed by atoms with Gasteiger partial charge in [-0.2, -0.15) is 0 Å². The van der Waals surface area contributed by atoms with Crippen LogP contribution in [-0.4, -0.2) is 48.3 Å². The summed E-state index contributed by atoms with van der Waals surface area (Å²) < 4.78 is 17.3. The van der Waals surface area contributed by atoms with Crippen LogP contribution in [0.25, 0.3) is 0 Å². The Kier molecular flexibility index (Phi) is 18.4. The van der Waals surface area contributed by atoms with E-state index in [0.29, 0.717) is 26.2 Å². The topological polar surface area (TPSA) is 94.1 Å². The largest absolute Gasteiger partial charge is 0.481 e. The Bertz CT molecular complexity index is 515. The Balaban J connectivity index is 3.86. The lowest BCUT2D eigenvalue weighted by atomic mass is 9.96. The van der Waals surface area contributed by atoms with Crippen LogP contribution < -0.4 is 5.32 Å². The molecular formula is C27H53NO6.